The maximum Gasteiger partial charge on any atom is 0.332 e. The lowest BCUT2D eigenvalue weighted by atomic mass is 9.95. The van der Waals surface area contributed by atoms with Crippen LogP contribution in [0.1, 0.15) is 48.9 Å². The first-order valence-corrected chi connectivity index (χ1v) is 12.7. The molecule has 0 unspecified atom stereocenters. The molecule has 1 saturated heterocycles. The van der Waals surface area contributed by atoms with Crippen LogP contribution in [0.3, 0.4) is 0 Å². The minimum atomic E-state index is -3.76. The number of ether oxygens (including phenoxy) is 1. The number of urea groups is 1. The Balaban J connectivity index is 1.41. The normalized spacial score (nSPS) is 19.4. The molecule has 2 aliphatic carbocycles. The van der Waals surface area contributed by atoms with E-state index in [1.165, 1.54) is 22.3 Å². The second-order valence-corrected chi connectivity index (χ2v) is 11.3. The molecule has 7 nitrogen and oxygen atoms in total. The van der Waals surface area contributed by atoms with Gasteiger partial charge < -0.3 is 10.1 Å². The summed E-state index contributed by atoms with van der Waals surface area (Å²) in [6.07, 6.45) is 6.13. The lowest BCUT2D eigenvalue weighted by Crippen LogP contribution is -2.46. The van der Waals surface area contributed by atoms with Gasteiger partial charge in [-0.2, -0.15) is 0 Å². The van der Waals surface area contributed by atoms with Crippen molar-refractivity contribution in [2.24, 2.45) is 5.41 Å². The molecule has 166 valence electrons. The van der Waals surface area contributed by atoms with E-state index in [1.54, 1.807) is 0 Å². The van der Waals surface area contributed by atoms with Crippen molar-refractivity contribution in [2.75, 3.05) is 43.9 Å². The number of hydrogen-bond acceptors (Lipinski definition) is 5. The van der Waals surface area contributed by atoms with Crippen molar-refractivity contribution in [3.8, 4) is 0 Å². The van der Waals surface area contributed by atoms with Crippen molar-refractivity contribution < 1.29 is 17.9 Å². The molecule has 3 aliphatic rings. The first-order chi connectivity index (χ1) is 14.2. The molecule has 2 N–H and O–H groups in total. The van der Waals surface area contributed by atoms with Gasteiger partial charge in [-0.25, -0.2) is 17.9 Å². The number of nitrogens with zero attached hydrogens (tertiary/aromatic N) is 1. The number of nitrogens with one attached hydrogen (secondary N) is 2. The Morgan fingerprint density at radius 3 is 2.27 bits per heavy atom. The van der Waals surface area contributed by atoms with Gasteiger partial charge in [-0.05, 0) is 66.2 Å². The van der Waals surface area contributed by atoms with E-state index in [9.17, 15) is 13.2 Å². The van der Waals surface area contributed by atoms with Gasteiger partial charge in [-0.1, -0.05) is 19.9 Å². The number of aryl methyl sites for hydroxylation is 2. The lowest BCUT2D eigenvalue weighted by molar-refractivity contribution is 0.0240. The average Bonchev–Trinajstić information content (AvgIpc) is 3.29. The van der Waals surface area contributed by atoms with Crippen LogP contribution in [0.15, 0.2) is 6.07 Å². The Hall–Kier alpha value is -1.64. The number of morpholine rings is 1. The fraction of sp³-hybridized carbons (Fsp3) is 0.682. The summed E-state index contributed by atoms with van der Waals surface area (Å²) < 4.78 is 33.1. The zero-order valence-electron chi connectivity index (χ0n) is 18.1. The summed E-state index contributed by atoms with van der Waals surface area (Å²) in [5.41, 5.74) is 5.38. The van der Waals surface area contributed by atoms with Crippen molar-refractivity contribution in [3.05, 3.63) is 28.3 Å². The highest BCUT2D eigenvalue weighted by molar-refractivity contribution is 7.90. The number of rotatable bonds is 6. The Morgan fingerprint density at radius 2 is 1.67 bits per heavy atom. The predicted octanol–water partition coefficient (Wildman–Crippen LogP) is 2.47. The van der Waals surface area contributed by atoms with Crippen molar-refractivity contribution in [2.45, 2.75) is 52.4 Å². The lowest BCUT2D eigenvalue weighted by Gasteiger charge is -2.34. The van der Waals surface area contributed by atoms with Gasteiger partial charge in [0.25, 0.3) is 0 Å². The van der Waals surface area contributed by atoms with E-state index in [-0.39, 0.29) is 5.75 Å². The van der Waals surface area contributed by atoms with Gasteiger partial charge in [-0.3, -0.25) is 4.90 Å². The summed E-state index contributed by atoms with van der Waals surface area (Å²) in [5, 5.41) is 2.91. The number of anilines is 1. The minimum Gasteiger partial charge on any atom is -0.379 e. The SMILES string of the molecule is CC(C)(CN1CCOCC1)CS(=O)(=O)NC(=O)Nc1c2c(cc3c1CCC3)CCC2. The van der Waals surface area contributed by atoms with E-state index in [0.717, 1.165) is 57.3 Å². The smallest absolute Gasteiger partial charge is 0.332 e. The van der Waals surface area contributed by atoms with Gasteiger partial charge in [0.05, 0.1) is 19.0 Å². The van der Waals surface area contributed by atoms with Crippen LogP contribution in [0.25, 0.3) is 0 Å². The Kier molecular flexibility index (Phi) is 6.10. The molecule has 1 fully saturated rings. The number of carbonyl (C=O) groups excluding carboxylic acids is 1. The van der Waals surface area contributed by atoms with Crippen LogP contribution in [-0.2, 0) is 40.4 Å². The first kappa shape index (κ1) is 21.6. The van der Waals surface area contributed by atoms with Gasteiger partial charge in [0.2, 0.25) is 10.0 Å². The second kappa shape index (κ2) is 8.48. The average molecular weight is 436 g/mol. The number of amides is 2. The Morgan fingerprint density at radius 1 is 1.07 bits per heavy atom. The molecular weight excluding hydrogens is 402 g/mol. The van der Waals surface area contributed by atoms with Crippen molar-refractivity contribution in [3.63, 3.8) is 0 Å². The van der Waals surface area contributed by atoms with Crippen molar-refractivity contribution >= 4 is 21.7 Å². The third-order valence-electron chi connectivity index (χ3n) is 6.30. The molecule has 0 spiro atoms. The zero-order valence-corrected chi connectivity index (χ0v) is 18.9. The number of carbonyl (C=O) groups is 1. The van der Waals surface area contributed by atoms with Crippen LogP contribution in [-0.4, -0.2) is 57.9 Å². The molecule has 1 aliphatic heterocycles. The second-order valence-electron chi connectivity index (χ2n) is 9.60. The molecule has 0 saturated carbocycles. The third-order valence-corrected chi connectivity index (χ3v) is 7.95. The first-order valence-electron chi connectivity index (χ1n) is 11.0. The van der Waals surface area contributed by atoms with Crippen LogP contribution >= 0.6 is 0 Å². The molecule has 4 rings (SSSR count). The van der Waals surface area contributed by atoms with Crippen LogP contribution in [0.5, 0.6) is 0 Å². The number of sulfonamides is 1. The predicted molar refractivity (Wildman–Crippen MR) is 117 cm³/mol. The summed E-state index contributed by atoms with van der Waals surface area (Å²) >= 11 is 0. The molecule has 0 bridgehead atoms. The molecule has 30 heavy (non-hydrogen) atoms. The van der Waals surface area contributed by atoms with E-state index < -0.39 is 21.5 Å². The molecule has 1 aromatic carbocycles. The summed E-state index contributed by atoms with van der Waals surface area (Å²) in [7, 11) is -3.76. The zero-order chi connectivity index (χ0) is 21.4. The molecule has 1 heterocycles. The summed E-state index contributed by atoms with van der Waals surface area (Å²) in [4.78, 5) is 14.9. The van der Waals surface area contributed by atoms with Crippen LogP contribution < -0.4 is 10.0 Å². The Labute approximate surface area is 179 Å². The van der Waals surface area contributed by atoms with E-state index >= 15 is 0 Å². The standard InChI is InChI=1S/C22H33N3O4S/c1-22(2,14-25-9-11-29-12-10-25)15-30(27,28)24-21(26)23-20-18-7-3-5-16(18)13-17-6-4-8-19(17)20/h13H,3-12,14-15H2,1-2H3,(H2,23,24,26). The van der Waals surface area contributed by atoms with Crippen molar-refractivity contribution in [1.29, 1.82) is 0 Å². The summed E-state index contributed by atoms with van der Waals surface area (Å²) in [6.45, 7) is 7.47. The minimum absolute atomic E-state index is 0.101. The van der Waals surface area contributed by atoms with Crippen LogP contribution in [0.2, 0.25) is 0 Å². The number of benzene rings is 1. The van der Waals surface area contributed by atoms with E-state index in [2.05, 4.69) is 21.0 Å². The molecule has 0 atom stereocenters. The highest BCUT2D eigenvalue weighted by Gasteiger charge is 2.31. The van der Waals surface area contributed by atoms with Crippen LogP contribution in [0, 0.1) is 5.41 Å². The molecule has 2 amide bonds. The summed E-state index contributed by atoms with van der Waals surface area (Å²) in [6, 6.07) is 1.64. The topological polar surface area (TPSA) is 87.7 Å². The van der Waals surface area contributed by atoms with Gasteiger partial charge >= 0.3 is 6.03 Å². The van der Waals surface area contributed by atoms with Gasteiger partial charge in [0.1, 0.15) is 0 Å². The third kappa shape index (κ3) is 4.98. The molecule has 0 aromatic heterocycles. The number of hydrogen-bond donors (Lipinski definition) is 2. The highest BCUT2D eigenvalue weighted by atomic mass is 32.2. The maximum atomic E-state index is 12.7. The number of fused-ring (bicyclic) bond motifs is 2. The van der Waals surface area contributed by atoms with E-state index in [1.807, 2.05) is 13.8 Å². The molecule has 8 heteroatoms. The van der Waals surface area contributed by atoms with E-state index in [0.29, 0.717) is 19.8 Å². The molecular formula is C22H33N3O4S. The summed E-state index contributed by atoms with van der Waals surface area (Å²) in [5.74, 6) is -0.101. The maximum absolute atomic E-state index is 12.7. The van der Waals surface area contributed by atoms with Gasteiger partial charge in [0, 0.05) is 25.3 Å². The largest absolute Gasteiger partial charge is 0.379 e. The van der Waals surface area contributed by atoms with Crippen molar-refractivity contribution in [1.82, 2.24) is 9.62 Å². The van der Waals surface area contributed by atoms with Gasteiger partial charge in [-0.15, -0.1) is 0 Å². The Bertz CT molecular complexity index is 889. The fourth-order valence-electron chi connectivity index (χ4n) is 5.21. The quantitative estimate of drug-likeness (QED) is 0.717. The highest BCUT2D eigenvalue weighted by Crippen LogP contribution is 2.38. The van der Waals surface area contributed by atoms with Crippen LogP contribution in [0.4, 0.5) is 10.5 Å². The fourth-order valence-corrected chi connectivity index (χ4v) is 6.73. The van der Waals surface area contributed by atoms with E-state index in [4.69, 9.17) is 4.74 Å². The molecule has 0 radical (unpaired) electrons. The molecule has 1 aromatic rings. The monoisotopic (exact) mass is 435 g/mol. The van der Waals surface area contributed by atoms with Gasteiger partial charge in [0.15, 0.2) is 0 Å².